The van der Waals surface area contributed by atoms with E-state index in [4.69, 9.17) is 26.3 Å². The van der Waals surface area contributed by atoms with Gasteiger partial charge in [0, 0.05) is 5.56 Å². The van der Waals surface area contributed by atoms with Crippen molar-refractivity contribution in [3.8, 4) is 11.5 Å². The van der Waals surface area contributed by atoms with Crippen LogP contribution in [0.1, 0.15) is 18.1 Å². The molecule has 0 fully saturated rings. The van der Waals surface area contributed by atoms with Crippen LogP contribution in [0.2, 0.25) is 5.02 Å². The largest absolute Gasteiger partial charge is 0.490 e. The molecule has 0 atom stereocenters. The third-order valence-corrected chi connectivity index (χ3v) is 3.12. The number of halogens is 2. The molecule has 0 unspecified atom stereocenters. The Morgan fingerprint density at radius 2 is 1.95 bits per heavy atom. The maximum Gasteiger partial charge on any atom is 0.180 e. The molecule has 0 bridgehead atoms. The Labute approximate surface area is 132 Å². The molecule has 0 aliphatic carbocycles. The average molecular weight is 324 g/mol. The first kappa shape index (κ1) is 16.1. The molecule has 2 rings (SSSR count). The van der Waals surface area contributed by atoms with Crippen molar-refractivity contribution in [2.24, 2.45) is 5.16 Å². The minimum absolute atomic E-state index is 0.230. The summed E-state index contributed by atoms with van der Waals surface area (Å²) < 4.78 is 24.1. The van der Waals surface area contributed by atoms with Crippen LogP contribution in [0.3, 0.4) is 0 Å². The van der Waals surface area contributed by atoms with Crippen LogP contribution in [0, 0.1) is 5.82 Å². The van der Waals surface area contributed by atoms with Gasteiger partial charge < -0.3 is 14.7 Å². The van der Waals surface area contributed by atoms with Crippen LogP contribution < -0.4 is 9.47 Å². The average Bonchev–Trinajstić information content (AvgIpc) is 2.49. The van der Waals surface area contributed by atoms with Crippen LogP contribution in [0.5, 0.6) is 11.5 Å². The van der Waals surface area contributed by atoms with Gasteiger partial charge in [-0.15, -0.1) is 0 Å². The van der Waals surface area contributed by atoms with Crippen molar-refractivity contribution in [1.82, 2.24) is 0 Å². The molecule has 0 saturated heterocycles. The Bertz CT molecular complexity index is 659. The van der Waals surface area contributed by atoms with Crippen LogP contribution >= 0.6 is 11.6 Å². The highest BCUT2D eigenvalue weighted by Crippen LogP contribution is 2.36. The van der Waals surface area contributed by atoms with E-state index >= 15 is 0 Å². The van der Waals surface area contributed by atoms with Crippen LogP contribution in [0.25, 0.3) is 0 Å². The molecule has 0 aliphatic rings. The Morgan fingerprint density at radius 1 is 1.23 bits per heavy atom. The number of benzene rings is 2. The van der Waals surface area contributed by atoms with Gasteiger partial charge in [0.05, 0.1) is 17.8 Å². The van der Waals surface area contributed by atoms with Gasteiger partial charge in [-0.05, 0) is 36.8 Å². The Kier molecular flexibility index (Phi) is 5.61. The topological polar surface area (TPSA) is 51.0 Å². The van der Waals surface area contributed by atoms with Crippen molar-refractivity contribution in [1.29, 1.82) is 0 Å². The molecule has 0 radical (unpaired) electrons. The smallest absolute Gasteiger partial charge is 0.180 e. The molecular formula is C16H15ClFNO3. The molecule has 0 aromatic heterocycles. The summed E-state index contributed by atoms with van der Waals surface area (Å²) in [6.07, 6.45) is 1.25. The van der Waals surface area contributed by atoms with Crippen LogP contribution in [0.4, 0.5) is 4.39 Å². The van der Waals surface area contributed by atoms with Crippen molar-refractivity contribution in [3.05, 3.63) is 58.4 Å². The number of nitrogens with zero attached hydrogens (tertiary/aromatic N) is 1. The van der Waals surface area contributed by atoms with Gasteiger partial charge in [-0.1, -0.05) is 28.9 Å². The standard InChI is InChI=1S/C16H15ClFNO3/c1-2-21-15-8-12(9-19-20)7-14(17)16(15)22-10-11-3-5-13(18)6-4-11/h3-9,20H,2,10H2,1H3/b19-9-. The van der Waals surface area contributed by atoms with Crippen LogP contribution in [0.15, 0.2) is 41.6 Å². The van der Waals surface area contributed by atoms with E-state index in [0.717, 1.165) is 5.56 Å². The molecule has 2 aromatic carbocycles. The molecule has 0 aliphatic heterocycles. The fourth-order valence-corrected chi connectivity index (χ4v) is 2.14. The lowest BCUT2D eigenvalue weighted by Gasteiger charge is -2.14. The van der Waals surface area contributed by atoms with E-state index in [1.807, 2.05) is 6.92 Å². The zero-order valence-electron chi connectivity index (χ0n) is 11.9. The second-order valence-corrected chi connectivity index (χ2v) is 4.83. The Hall–Kier alpha value is -2.27. The first-order valence-corrected chi connectivity index (χ1v) is 7.03. The van der Waals surface area contributed by atoms with Crippen LogP contribution in [-0.4, -0.2) is 18.0 Å². The molecule has 1 N–H and O–H groups in total. The van der Waals surface area contributed by atoms with Crippen LogP contribution in [-0.2, 0) is 6.61 Å². The third kappa shape index (κ3) is 4.11. The van der Waals surface area contributed by atoms with Gasteiger partial charge in [-0.2, -0.15) is 0 Å². The fraction of sp³-hybridized carbons (Fsp3) is 0.188. The van der Waals surface area contributed by atoms with E-state index in [1.54, 1.807) is 24.3 Å². The predicted octanol–water partition coefficient (Wildman–Crippen LogP) is 4.26. The van der Waals surface area contributed by atoms with Crippen molar-refractivity contribution >= 4 is 17.8 Å². The van der Waals surface area contributed by atoms with Crippen molar-refractivity contribution in [2.75, 3.05) is 6.61 Å². The zero-order valence-corrected chi connectivity index (χ0v) is 12.7. The highest BCUT2D eigenvalue weighted by atomic mass is 35.5. The minimum atomic E-state index is -0.301. The first-order valence-electron chi connectivity index (χ1n) is 6.65. The fourth-order valence-electron chi connectivity index (χ4n) is 1.87. The lowest BCUT2D eigenvalue weighted by molar-refractivity contribution is 0.269. The van der Waals surface area contributed by atoms with Gasteiger partial charge in [0.2, 0.25) is 0 Å². The maximum atomic E-state index is 12.9. The number of hydrogen-bond donors (Lipinski definition) is 1. The monoisotopic (exact) mass is 323 g/mol. The summed E-state index contributed by atoms with van der Waals surface area (Å²) in [5.74, 6) is 0.541. The molecule has 6 heteroatoms. The van der Waals surface area contributed by atoms with Crippen molar-refractivity contribution in [2.45, 2.75) is 13.5 Å². The second kappa shape index (κ2) is 7.66. The van der Waals surface area contributed by atoms with E-state index in [0.29, 0.717) is 28.7 Å². The van der Waals surface area contributed by atoms with E-state index in [1.165, 1.54) is 18.3 Å². The SMILES string of the molecule is CCOc1cc(/C=N\O)cc(Cl)c1OCc1ccc(F)cc1. The van der Waals surface area contributed by atoms with Crippen molar-refractivity contribution < 1.29 is 19.1 Å². The quantitative estimate of drug-likeness (QED) is 0.491. The van der Waals surface area contributed by atoms with E-state index in [-0.39, 0.29) is 12.4 Å². The molecular weight excluding hydrogens is 309 g/mol. The Morgan fingerprint density at radius 3 is 2.59 bits per heavy atom. The summed E-state index contributed by atoms with van der Waals surface area (Å²) in [5, 5.41) is 11.9. The van der Waals surface area contributed by atoms with E-state index < -0.39 is 0 Å². The summed E-state index contributed by atoms with van der Waals surface area (Å²) in [6, 6.07) is 9.26. The zero-order chi connectivity index (χ0) is 15.9. The maximum absolute atomic E-state index is 12.9. The predicted molar refractivity (Wildman–Crippen MR) is 82.7 cm³/mol. The van der Waals surface area contributed by atoms with Gasteiger partial charge in [0.15, 0.2) is 11.5 Å². The molecule has 22 heavy (non-hydrogen) atoms. The normalized spacial score (nSPS) is 10.9. The highest BCUT2D eigenvalue weighted by molar-refractivity contribution is 6.32. The van der Waals surface area contributed by atoms with E-state index in [9.17, 15) is 4.39 Å². The van der Waals surface area contributed by atoms with Gasteiger partial charge in [-0.3, -0.25) is 0 Å². The lowest BCUT2D eigenvalue weighted by atomic mass is 10.2. The number of rotatable bonds is 6. The summed E-state index contributed by atoms with van der Waals surface area (Å²) in [6.45, 7) is 2.50. The number of hydrogen-bond acceptors (Lipinski definition) is 4. The molecule has 2 aromatic rings. The Balaban J connectivity index is 2.22. The molecule has 116 valence electrons. The first-order chi connectivity index (χ1) is 10.6. The summed E-state index contributed by atoms with van der Waals surface area (Å²) in [5.41, 5.74) is 1.39. The van der Waals surface area contributed by atoms with E-state index in [2.05, 4.69) is 5.16 Å². The minimum Gasteiger partial charge on any atom is -0.490 e. The number of ether oxygens (including phenoxy) is 2. The highest BCUT2D eigenvalue weighted by Gasteiger charge is 2.12. The molecule has 4 nitrogen and oxygen atoms in total. The van der Waals surface area contributed by atoms with Gasteiger partial charge in [-0.25, -0.2) is 4.39 Å². The summed E-state index contributed by atoms with van der Waals surface area (Å²) >= 11 is 6.19. The molecule has 0 saturated carbocycles. The van der Waals surface area contributed by atoms with Crippen molar-refractivity contribution in [3.63, 3.8) is 0 Å². The van der Waals surface area contributed by atoms with Gasteiger partial charge in [0.1, 0.15) is 12.4 Å². The third-order valence-electron chi connectivity index (χ3n) is 2.83. The summed E-state index contributed by atoms with van der Waals surface area (Å²) in [7, 11) is 0. The molecule has 0 amide bonds. The summed E-state index contributed by atoms with van der Waals surface area (Å²) in [4.78, 5) is 0. The lowest BCUT2D eigenvalue weighted by Crippen LogP contribution is -2.01. The number of oxime groups is 1. The van der Waals surface area contributed by atoms with Gasteiger partial charge in [0.25, 0.3) is 0 Å². The second-order valence-electron chi connectivity index (χ2n) is 4.42. The molecule has 0 spiro atoms. The van der Waals surface area contributed by atoms with Gasteiger partial charge >= 0.3 is 0 Å². The molecule has 0 heterocycles.